The van der Waals surface area contributed by atoms with Gasteiger partial charge in [-0.25, -0.2) is 0 Å². The van der Waals surface area contributed by atoms with E-state index in [1.54, 1.807) is 0 Å². The molecule has 3 nitrogen and oxygen atoms in total. The molecule has 3 atom stereocenters. The lowest BCUT2D eigenvalue weighted by atomic mass is 9.83. The summed E-state index contributed by atoms with van der Waals surface area (Å²) in [6.07, 6.45) is 0. The molecular weight excluding hydrogens is 212 g/mol. The summed E-state index contributed by atoms with van der Waals surface area (Å²) in [6, 6.07) is 0.452. The summed E-state index contributed by atoms with van der Waals surface area (Å²) < 4.78 is 5.67. The number of hydrogen-bond donors (Lipinski definition) is 1. The third kappa shape index (κ3) is 2.02. The summed E-state index contributed by atoms with van der Waals surface area (Å²) in [5, 5.41) is 3.53. The lowest BCUT2D eigenvalue weighted by molar-refractivity contribution is -0.0673. The van der Waals surface area contributed by atoms with E-state index in [-0.39, 0.29) is 11.1 Å². The topological polar surface area (TPSA) is 24.5 Å². The molecule has 2 aliphatic rings. The van der Waals surface area contributed by atoms with Crippen LogP contribution in [0.4, 0.5) is 0 Å². The number of nitrogens with zero attached hydrogens (tertiary/aromatic N) is 1. The predicted molar refractivity (Wildman–Crippen MR) is 71.2 cm³/mol. The number of ether oxygens (including phenoxy) is 1. The molecule has 0 amide bonds. The molecule has 17 heavy (non-hydrogen) atoms. The molecule has 3 heteroatoms. The molecule has 2 aliphatic heterocycles. The van der Waals surface area contributed by atoms with Crippen molar-refractivity contribution in [2.75, 3.05) is 26.7 Å². The zero-order chi connectivity index (χ0) is 12.8. The van der Waals surface area contributed by atoms with Gasteiger partial charge in [0.05, 0.1) is 5.60 Å². The second-order valence-corrected chi connectivity index (χ2v) is 6.81. The Balaban J connectivity index is 2.18. The molecule has 2 fully saturated rings. The fourth-order valence-electron chi connectivity index (χ4n) is 3.66. The first-order valence-electron chi connectivity index (χ1n) is 6.83. The van der Waals surface area contributed by atoms with Crippen molar-refractivity contribution in [2.45, 2.75) is 51.8 Å². The molecule has 0 saturated carbocycles. The van der Waals surface area contributed by atoms with E-state index in [9.17, 15) is 0 Å². The molecule has 2 rings (SSSR count). The minimum Gasteiger partial charge on any atom is -0.377 e. The first-order valence-corrected chi connectivity index (χ1v) is 6.83. The van der Waals surface area contributed by atoms with Crippen molar-refractivity contribution < 1.29 is 4.74 Å². The Morgan fingerprint density at radius 2 is 2.00 bits per heavy atom. The van der Waals surface area contributed by atoms with Crippen LogP contribution in [0.3, 0.4) is 0 Å². The van der Waals surface area contributed by atoms with Crippen LogP contribution < -0.4 is 5.32 Å². The Kier molecular flexibility index (Phi) is 3.30. The quantitative estimate of drug-likeness (QED) is 0.813. The van der Waals surface area contributed by atoms with Crippen LogP contribution in [0.2, 0.25) is 0 Å². The fourth-order valence-corrected chi connectivity index (χ4v) is 3.66. The van der Waals surface area contributed by atoms with Crippen LogP contribution in [-0.4, -0.2) is 48.8 Å². The summed E-state index contributed by atoms with van der Waals surface area (Å²) in [7, 11) is 1.82. The summed E-state index contributed by atoms with van der Waals surface area (Å²) in [5.41, 5.74) is 0.201. The highest BCUT2D eigenvalue weighted by molar-refractivity contribution is 5.07. The Hall–Kier alpha value is -0.120. The highest BCUT2D eigenvalue weighted by atomic mass is 16.5. The van der Waals surface area contributed by atoms with Crippen molar-refractivity contribution >= 4 is 0 Å². The number of nitrogens with one attached hydrogen (secondary N) is 1. The number of methoxy groups -OCH3 is 1. The third-order valence-electron chi connectivity index (χ3n) is 5.42. The van der Waals surface area contributed by atoms with E-state index >= 15 is 0 Å². The minimum atomic E-state index is -0.0800. The van der Waals surface area contributed by atoms with Gasteiger partial charge in [-0.3, -0.25) is 4.90 Å². The average Bonchev–Trinajstić information content (AvgIpc) is 2.80. The van der Waals surface area contributed by atoms with E-state index < -0.39 is 0 Å². The zero-order valence-electron chi connectivity index (χ0n) is 12.2. The lowest BCUT2D eigenvalue weighted by Crippen LogP contribution is -2.56. The van der Waals surface area contributed by atoms with Crippen molar-refractivity contribution in [3.8, 4) is 0 Å². The molecule has 0 aliphatic carbocycles. The molecule has 2 saturated heterocycles. The Bertz CT molecular complexity index is 288. The van der Waals surface area contributed by atoms with E-state index in [4.69, 9.17) is 4.74 Å². The molecule has 0 bridgehead atoms. The SMILES string of the molecule is COC(C)(C)C(C)N1CC2CNCC2C1(C)C. The predicted octanol–water partition coefficient (Wildman–Crippen LogP) is 1.73. The van der Waals surface area contributed by atoms with Crippen molar-refractivity contribution in [2.24, 2.45) is 11.8 Å². The number of hydrogen-bond acceptors (Lipinski definition) is 3. The van der Waals surface area contributed by atoms with Crippen molar-refractivity contribution in [1.82, 2.24) is 10.2 Å². The number of likely N-dealkylation sites (tertiary alicyclic amines) is 1. The van der Waals surface area contributed by atoms with Gasteiger partial charge in [-0.2, -0.15) is 0 Å². The molecule has 0 aromatic heterocycles. The molecule has 1 N–H and O–H groups in total. The highest BCUT2D eigenvalue weighted by Crippen LogP contribution is 2.43. The molecular formula is C14H28N2O. The maximum absolute atomic E-state index is 5.67. The lowest BCUT2D eigenvalue weighted by Gasteiger charge is -2.45. The van der Waals surface area contributed by atoms with Crippen LogP contribution in [0.15, 0.2) is 0 Å². The second kappa shape index (κ2) is 4.22. The Morgan fingerprint density at radius 1 is 1.35 bits per heavy atom. The van der Waals surface area contributed by atoms with Gasteiger partial charge in [-0.15, -0.1) is 0 Å². The molecule has 2 heterocycles. The molecule has 0 aromatic rings. The van der Waals surface area contributed by atoms with Gasteiger partial charge in [-0.05, 0) is 53.0 Å². The van der Waals surface area contributed by atoms with Gasteiger partial charge in [0.1, 0.15) is 0 Å². The summed E-state index contributed by atoms with van der Waals surface area (Å²) in [6.45, 7) is 15.1. The zero-order valence-corrected chi connectivity index (χ0v) is 12.2. The van der Waals surface area contributed by atoms with E-state index in [0.29, 0.717) is 6.04 Å². The van der Waals surface area contributed by atoms with E-state index in [1.807, 2.05) is 7.11 Å². The smallest absolute Gasteiger partial charge is 0.0774 e. The maximum atomic E-state index is 5.67. The van der Waals surface area contributed by atoms with Crippen LogP contribution in [0.1, 0.15) is 34.6 Å². The monoisotopic (exact) mass is 240 g/mol. The first kappa shape index (κ1) is 13.3. The summed E-state index contributed by atoms with van der Waals surface area (Å²) in [5.74, 6) is 1.61. The molecule has 0 spiro atoms. The van der Waals surface area contributed by atoms with Gasteiger partial charge in [0.15, 0.2) is 0 Å². The van der Waals surface area contributed by atoms with E-state index in [1.165, 1.54) is 19.6 Å². The molecule has 0 radical (unpaired) electrons. The number of rotatable bonds is 3. The second-order valence-electron chi connectivity index (χ2n) is 6.81. The van der Waals surface area contributed by atoms with Crippen LogP contribution in [-0.2, 0) is 4.74 Å². The maximum Gasteiger partial charge on any atom is 0.0774 e. The van der Waals surface area contributed by atoms with Gasteiger partial charge in [-0.1, -0.05) is 0 Å². The molecule has 100 valence electrons. The summed E-state index contributed by atoms with van der Waals surface area (Å²) >= 11 is 0. The van der Waals surface area contributed by atoms with Crippen molar-refractivity contribution in [3.63, 3.8) is 0 Å². The van der Waals surface area contributed by atoms with Gasteiger partial charge in [0.25, 0.3) is 0 Å². The van der Waals surface area contributed by atoms with Gasteiger partial charge in [0, 0.05) is 31.8 Å². The van der Waals surface area contributed by atoms with E-state index in [0.717, 1.165) is 11.8 Å². The van der Waals surface area contributed by atoms with Crippen LogP contribution in [0.25, 0.3) is 0 Å². The van der Waals surface area contributed by atoms with E-state index in [2.05, 4.69) is 44.8 Å². The van der Waals surface area contributed by atoms with Crippen LogP contribution >= 0.6 is 0 Å². The number of fused-ring (bicyclic) bond motifs is 1. The highest BCUT2D eigenvalue weighted by Gasteiger charge is 2.52. The Labute approximate surface area is 106 Å². The Morgan fingerprint density at radius 3 is 2.53 bits per heavy atom. The third-order valence-corrected chi connectivity index (χ3v) is 5.42. The largest absolute Gasteiger partial charge is 0.377 e. The summed E-state index contributed by atoms with van der Waals surface area (Å²) in [4.78, 5) is 2.66. The standard InChI is InChI=1S/C14H28N2O/c1-10(14(4,5)17-6)16-9-11-7-15-8-12(11)13(16,2)3/h10-12,15H,7-9H2,1-6H3. The minimum absolute atomic E-state index is 0.0800. The molecule has 3 unspecified atom stereocenters. The normalized spacial score (nSPS) is 34.9. The molecule has 0 aromatic carbocycles. The van der Waals surface area contributed by atoms with Gasteiger partial charge >= 0.3 is 0 Å². The van der Waals surface area contributed by atoms with Gasteiger partial charge < -0.3 is 10.1 Å². The van der Waals surface area contributed by atoms with Gasteiger partial charge in [0.2, 0.25) is 0 Å². The van der Waals surface area contributed by atoms with Crippen molar-refractivity contribution in [1.29, 1.82) is 0 Å². The van der Waals surface area contributed by atoms with Crippen molar-refractivity contribution in [3.05, 3.63) is 0 Å². The first-order chi connectivity index (χ1) is 7.80. The van der Waals surface area contributed by atoms with Crippen LogP contribution in [0, 0.1) is 11.8 Å². The fraction of sp³-hybridized carbons (Fsp3) is 1.00. The average molecular weight is 240 g/mol. The van der Waals surface area contributed by atoms with Crippen LogP contribution in [0.5, 0.6) is 0 Å².